The van der Waals surface area contributed by atoms with E-state index < -0.39 is 22.0 Å². The Morgan fingerprint density at radius 2 is 2.19 bits per heavy atom. The van der Waals surface area contributed by atoms with E-state index in [1.54, 1.807) is 6.92 Å². The zero-order chi connectivity index (χ0) is 15.6. The fourth-order valence-electron chi connectivity index (χ4n) is 2.29. The van der Waals surface area contributed by atoms with Crippen LogP contribution < -0.4 is 0 Å². The zero-order valence-electron chi connectivity index (χ0n) is 11.3. The fourth-order valence-corrected chi connectivity index (χ4v) is 6.06. The molecule has 0 aliphatic carbocycles. The quantitative estimate of drug-likeness (QED) is 0.762. The van der Waals surface area contributed by atoms with Gasteiger partial charge in [0, 0.05) is 6.54 Å². The molecule has 1 aliphatic heterocycles. The number of thiophene rings is 1. The Morgan fingerprint density at radius 1 is 1.48 bits per heavy atom. The number of hydrogen-bond acceptors (Lipinski definition) is 5. The maximum Gasteiger partial charge on any atom is 0.324 e. The van der Waals surface area contributed by atoms with E-state index >= 15 is 0 Å². The first-order chi connectivity index (χ1) is 9.87. The van der Waals surface area contributed by atoms with Crippen LogP contribution in [-0.4, -0.2) is 37.9 Å². The van der Waals surface area contributed by atoms with E-state index in [0.29, 0.717) is 17.2 Å². The molecule has 0 spiro atoms. The SMILES string of the molecule is CCOC(=O)C1CCCCN1S(=O)(=O)c1cc(Cl)sc1Cl. The molecular formula is C12H15Cl2NO4S2. The Labute approximate surface area is 137 Å². The summed E-state index contributed by atoms with van der Waals surface area (Å²) in [6.45, 7) is 2.18. The smallest absolute Gasteiger partial charge is 0.324 e. The van der Waals surface area contributed by atoms with E-state index in [9.17, 15) is 13.2 Å². The van der Waals surface area contributed by atoms with Crippen molar-refractivity contribution < 1.29 is 17.9 Å². The lowest BCUT2D eigenvalue weighted by Crippen LogP contribution is -2.48. The molecule has 2 heterocycles. The normalized spacial score (nSPS) is 20.4. The Morgan fingerprint density at radius 3 is 2.76 bits per heavy atom. The van der Waals surface area contributed by atoms with Gasteiger partial charge in [-0.1, -0.05) is 23.2 Å². The Kier molecular flexibility index (Phi) is 5.54. The Hall–Kier alpha value is -0.340. The summed E-state index contributed by atoms with van der Waals surface area (Å²) in [6, 6.07) is 0.527. The van der Waals surface area contributed by atoms with Crippen molar-refractivity contribution in [3.05, 3.63) is 14.7 Å². The number of esters is 1. The van der Waals surface area contributed by atoms with Gasteiger partial charge in [-0.05, 0) is 32.3 Å². The second kappa shape index (κ2) is 6.83. The lowest BCUT2D eigenvalue weighted by Gasteiger charge is -2.32. The predicted octanol–water partition coefficient (Wildman–Crippen LogP) is 3.16. The molecule has 118 valence electrons. The van der Waals surface area contributed by atoms with Crippen molar-refractivity contribution in [2.75, 3.05) is 13.2 Å². The predicted molar refractivity (Wildman–Crippen MR) is 82.5 cm³/mol. The van der Waals surface area contributed by atoms with Crippen LogP contribution in [0.25, 0.3) is 0 Å². The molecule has 0 radical (unpaired) electrons. The van der Waals surface area contributed by atoms with Crippen molar-refractivity contribution in [2.45, 2.75) is 37.1 Å². The van der Waals surface area contributed by atoms with Crippen LogP contribution in [-0.2, 0) is 19.6 Å². The molecule has 1 aliphatic rings. The van der Waals surface area contributed by atoms with E-state index in [0.717, 1.165) is 17.8 Å². The number of sulfonamides is 1. The molecule has 1 atom stereocenters. The second-order valence-corrected chi connectivity index (χ2v) is 8.71. The van der Waals surface area contributed by atoms with Gasteiger partial charge in [0.15, 0.2) is 0 Å². The van der Waals surface area contributed by atoms with E-state index in [1.165, 1.54) is 10.4 Å². The molecule has 21 heavy (non-hydrogen) atoms. The lowest BCUT2D eigenvalue weighted by atomic mass is 10.1. The van der Waals surface area contributed by atoms with E-state index in [-0.39, 0.29) is 22.4 Å². The number of carbonyl (C=O) groups is 1. The topological polar surface area (TPSA) is 63.7 Å². The highest BCUT2D eigenvalue weighted by Crippen LogP contribution is 2.37. The minimum Gasteiger partial charge on any atom is -0.465 e. The van der Waals surface area contributed by atoms with Crippen LogP contribution >= 0.6 is 34.5 Å². The minimum atomic E-state index is -3.86. The first-order valence-electron chi connectivity index (χ1n) is 6.51. The molecule has 0 N–H and O–H groups in total. The lowest BCUT2D eigenvalue weighted by molar-refractivity contribution is -0.148. The highest BCUT2D eigenvalue weighted by molar-refractivity contribution is 7.89. The van der Waals surface area contributed by atoms with Crippen LogP contribution in [0.5, 0.6) is 0 Å². The van der Waals surface area contributed by atoms with E-state index in [1.807, 2.05) is 0 Å². The third kappa shape index (κ3) is 3.53. The summed E-state index contributed by atoms with van der Waals surface area (Å²) in [6.07, 6.45) is 1.94. The van der Waals surface area contributed by atoms with E-state index in [4.69, 9.17) is 27.9 Å². The molecule has 1 unspecified atom stereocenters. The summed E-state index contributed by atoms with van der Waals surface area (Å²) in [7, 11) is -3.86. The highest BCUT2D eigenvalue weighted by Gasteiger charge is 2.39. The van der Waals surface area contributed by atoms with Crippen LogP contribution in [0, 0.1) is 0 Å². The van der Waals surface area contributed by atoms with Gasteiger partial charge < -0.3 is 4.74 Å². The Balaban J connectivity index is 2.36. The molecule has 0 aromatic carbocycles. The minimum absolute atomic E-state index is 0.0460. The van der Waals surface area contributed by atoms with Gasteiger partial charge in [-0.3, -0.25) is 4.79 Å². The van der Waals surface area contributed by atoms with Crippen molar-refractivity contribution in [1.29, 1.82) is 0 Å². The molecule has 0 saturated carbocycles. The van der Waals surface area contributed by atoms with Gasteiger partial charge in [-0.25, -0.2) is 8.42 Å². The fraction of sp³-hybridized carbons (Fsp3) is 0.583. The van der Waals surface area contributed by atoms with Crippen LogP contribution in [0.3, 0.4) is 0 Å². The first-order valence-corrected chi connectivity index (χ1v) is 9.52. The van der Waals surface area contributed by atoms with Gasteiger partial charge in [-0.2, -0.15) is 4.31 Å². The molecule has 5 nitrogen and oxygen atoms in total. The summed E-state index contributed by atoms with van der Waals surface area (Å²) in [5.74, 6) is -0.516. The first kappa shape index (κ1) is 17.0. The van der Waals surface area contributed by atoms with Gasteiger partial charge in [0.05, 0.1) is 10.9 Å². The van der Waals surface area contributed by atoms with Gasteiger partial charge in [-0.15, -0.1) is 11.3 Å². The number of nitrogens with zero attached hydrogens (tertiary/aromatic N) is 1. The number of hydrogen-bond donors (Lipinski definition) is 0. The van der Waals surface area contributed by atoms with Crippen LogP contribution in [0.15, 0.2) is 11.0 Å². The Bertz CT molecular complexity index is 629. The standard InChI is InChI=1S/C12H15Cl2NO4S2/c1-2-19-12(16)8-5-3-4-6-15(8)21(17,18)9-7-10(13)20-11(9)14/h7-8H,2-6H2,1H3. The number of ether oxygens (including phenoxy) is 1. The summed E-state index contributed by atoms with van der Waals surface area (Å²) in [5, 5.41) is 0. The molecule has 2 rings (SSSR count). The van der Waals surface area contributed by atoms with Crippen LogP contribution in [0.4, 0.5) is 0 Å². The summed E-state index contributed by atoms with van der Waals surface area (Å²) < 4.78 is 32.0. The van der Waals surface area contributed by atoms with Gasteiger partial charge in [0.2, 0.25) is 10.0 Å². The average Bonchev–Trinajstić information content (AvgIpc) is 2.79. The third-order valence-electron chi connectivity index (χ3n) is 3.22. The molecule has 0 bridgehead atoms. The molecule has 1 saturated heterocycles. The number of piperidine rings is 1. The van der Waals surface area contributed by atoms with E-state index in [2.05, 4.69) is 0 Å². The largest absolute Gasteiger partial charge is 0.465 e. The molecular weight excluding hydrogens is 357 g/mol. The number of carbonyl (C=O) groups excluding carboxylic acids is 1. The monoisotopic (exact) mass is 371 g/mol. The van der Waals surface area contributed by atoms with Crippen LogP contribution in [0.2, 0.25) is 8.67 Å². The van der Waals surface area contributed by atoms with Crippen molar-refractivity contribution in [2.24, 2.45) is 0 Å². The van der Waals surface area contributed by atoms with Gasteiger partial charge >= 0.3 is 5.97 Å². The van der Waals surface area contributed by atoms with Crippen molar-refractivity contribution in [1.82, 2.24) is 4.31 Å². The third-order valence-corrected chi connectivity index (χ3v) is 6.89. The molecule has 1 aromatic rings. The van der Waals surface area contributed by atoms with Crippen molar-refractivity contribution in [3.8, 4) is 0 Å². The molecule has 1 fully saturated rings. The van der Waals surface area contributed by atoms with Gasteiger partial charge in [0.25, 0.3) is 0 Å². The molecule has 9 heteroatoms. The van der Waals surface area contributed by atoms with Crippen LogP contribution in [0.1, 0.15) is 26.2 Å². The summed E-state index contributed by atoms with van der Waals surface area (Å²) in [4.78, 5) is 11.9. The van der Waals surface area contributed by atoms with Gasteiger partial charge in [0.1, 0.15) is 15.3 Å². The summed E-state index contributed by atoms with van der Waals surface area (Å²) in [5.41, 5.74) is 0. The van der Waals surface area contributed by atoms with Crippen molar-refractivity contribution >= 4 is 50.5 Å². The number of halogens is 2. The average molecular weight is 372 g/mol. The summed E-state index contributed by atoms with van der Waals surface area (Å²) >= 11 is 12.8. The number of rotatable bonds is 4. The zero-order valence-corrected chi connectivity index (χ0v) is 14.5. The highest BCUT2D eigenvalue weighted by atomic mass is 35.5. The van der Waals surface area contributed by atoms with Crippen molar-refractivity contribution in [3.63, 3.8) is 0 Å². The molecule has 0 amide bonds. The molecule has 1 aromatic heterocycles. The maximum atomic E-state index is 12.7. The maximum absolute atomic E-state index is 12.7. The second-order valence-electron chi connectivity index (χ2n) is 4.57.